The van der Waals surface area contributed by atoms with Gasteiger partial charge in [0.2, 0.25) is 0 Å². The maximum Gasteiger partial charge on any atom is 0.147 e. The molecule has 1 aromatic rings. The van der Waals surface area contributed by atoms with Crippen molar-refractivity contribution in [1.82, 2.24) is 5.32 Å². The molecular formula is C12H18BrNO2S. The van der Waals surface area contributed by atoms with E-state index in [1.165, 1.54) is 11.8 Å². The van der Waals surface area contributed by atoms with Crippen molar-refractivity contribution < 1.29 is 8.42 Å². The van der Waals surface area contributed by atoms with E-state index in [0.29, 0.717) is 13.0 Å². The van der Waals surface area contributed by atoms with Gasteiger partial charge in [-0.05, 0) is 31.5 Å². The van der Waals surface area contributed by atoms with Gasteiger partial charge in [0.25, 0.3) is 0 Å². The van der Waals surface area contributed by atoms with Gasteiger partial charge in [-0.2, -0.15) is 0 Å². The van der Waals surface area contributed by atoms with Gasteiger partial charge in [-0.15, -0.1) is 0 Å². The molecule has 0 spiro atoms. The highest BCUT2D eigenvalue weighted by Gasteiger charge is 2.08. The lowest BCUT2D eigenvalue weighted by atomic mass is 10.1. The highest BCUT2D eigenvalue weighted by molar-refractivity contribution is 9.10. The van der Waals surface area contributed by atoms with Gasteiger partial charge in [-0.25, -0.2) is 8.42 Å². The first-order chi connectivity index (χ1) is 7.90. The minimum absolute atomic E-state index is 0.213. The van der Waals surface area contributed by atoms with Gasteiger partial charge in [0.05, 0.1) is 5.75 Å². The fourth-order valence-corrected chi connectivity index (χ4v) is 2.89. The number of rotatable bonds is 6. The van der Waals surface area contributed by atoms with Crippen LogP contribution >= 0.6 is 15.9 Å². The molecule has 3 nitrogen and oxygen atoms in total. The third kappa shape index (κ3) is 5.66. The Morgan fingerprint density at radius 2 is 2.00 bits per heavy atom. The number of nitrogens with one attached hydrogen (secondary N) is 1. The summed E-state index contributed by atoms with van der Waals surface area (Å²) in [6.07, 6.45) is 1.91. The maximum absolute atomic E-state index is 11.0. The first-order valence-corrected chi connectivity index (χ1v) is 8.41. The van der Waals surface area contributed by atoms with E-state index in [4.69, 9.17) is 0 Å². The second kappa shape index (κ2) is 6.52. The van der Waals surface area contributed by atoms with Crippen LogP contribution in [0.4, 0.5) is 0 Å². The van der Waals surface area contributed by atoms with Gasteiger partial charge < -0.3 is 5.32 Å². The Kier molecular flexibility index (Phi) is 5.62. The summed E-state index contributed by atoms with van der Waals surface area (Å²) in [7, 11) is -2.84. The molecule has 1 aromatic carbocycles. The van der Waals surface area contributed by atoms with Crippen LogP contribution in [0.3, 0.4) is 0 Å². The lowest BCUT2D eigenvalue weighted by Gasteiger charge is -2.15. The van der Waals surface area contributed by atoms with Gasteiger partial charge in [0.1, 0.15) is 9.84 Å². The van der Waals surface area contributed by atoms with Crippen LogP contribution in [0, 0.1) is 0 Å². The monoisotopic (exact) mass is 319 g/mol. The average molecular weight is 320 g/mol. The Balaban J connectivity index is 2.41. The van der Waals surface area contributed by atoms with Crippen molar-refractivity contribution in [2.75, 3.05) is 18.6 Å². The first kappa shape index (κ1) is 14.7. The van der Waals surface area contributed by atoms with Crippen molar-refractivity contribution in [1.29, 1.82) is 0 Å². The molecule has 5 heteroatoms. The predicted molar refractivity (Wildman–Crippen MR) is 74.9 cm³/mol. The van der Waals surface area contributed by atoms with Crippen molar-refractivity contribution in [2.24, 2.45) is 0 Å². The Bertz CT molecular complexity index is 459. The van der Waals surface area contributed by atoms with Crippen LogP contribution in [0.5, 0.6) is 0 Å². The maximum atomic E-state index is 11.0. The second-order valence-electron chi connectivity index (χ2n) is 4.18. The summed E-state index contributed by atoms with van der Waals surface area (Å²) in [5.41, 5.74) is 1.19. The van der Waals surface area contributed by atoms with Gasteiger partial charge in [0.15, 0.2) is 0 Å². The normalized spacial score (nSPS) is 13.6. The first-order valence-electron chi connectivity index (χ1n) is 5.55. The van der Waals surface area contributed by atoms with Gasteiger partial charge in [-0.1, -0.05) is 34.1 Å². The third-order valence-electron chi connectivity index (χ3n) is 2.51. The van der Waals surface area contributed by atoms with E-state index in [-0.39, 0.29) is 11.8 Å². The predicted octanol–water partition coefficient (Wildman–Crippen LogP) is 2.53. The highest BCUT2D eigenvalue weighted by Crippen LogP contribution is 2.22. The average Bonchev–Trinajstić information content (AvgIpc) is 2.23. The van der Waals surface area contributed by atoms with E-state index in [1.54, 1.807) is 0 Å². The number of sulfone groups is 1. The zero-order valence-electron chi connectivity index (χ0n) is 10.1. The molecule has 1 rings (SSSR count). The standard InChI is InChI=1S/C12H18BrNO2S/c1-10(11-6-3-4-7-12(11)13)14-8-5-9-17(2,15)16/h3-4,6-7,10,14H,5,8-9H2,1-2H3/t10-/m0/s1. The SMILES string of the molecule is C[C@H](NCCCS(C)(=O)=O)c1ccccc1Br. The lowest BCUT2D eigenvalue weighted by molar-refractivity contribution is 0.560. The molecule has 17 heavy (non-hydrogen) atoms. The molecule has 0 aliphatic carbocycles. The Hall–Kier alpha value is -0.390. The van der Waals surface area contributed by atoms with E-state index in [1.807, 2.05) is 18.2 Å². The molecule has 0 bridgehead atoms. The fourth-order valence-electron chi connectivity index (χ4n) is 1.59. The molecule has 0 aliphatic heterocycles. The number of hydrogen-bond donors (Lipinski definition) is 1. The minimum Gasteiger partial charge on any atom is -0.310 e. The van der Waals surface area contributed by atoms with Crippen LogP contribution in [0.2, 0.25) is 0 Å². The second-order valence-corrected chi connectivity index (χ2v) is 7.29. The summed E-state index contributed by atoms with van der Waals surface area (Å²) in [5, 5.41) is 3.32. The zero-order chi connectivity index (χ0) is 12.9. The summed E-state index contributed by atoms with van der Waals surface area (Å²) >= 11 is 3.50. The summed E-state index contributed by atoms with van der Waals surface area (Å²) < 4.78 is 23.0. The molecule has 0 saturated carbocycles. The number of hydrogen-bond acceptors (Lipinski definition) is 3. The highest BCUT2D eigenvalue weighted by atomic mass is 79.9. The van der Waals surface area contributed by atoms with Gasteiger partial charge in [0, 0.05) is 16.8 Å². The van der Waals surface area contributed by atoms with E-state index in [9.17, 15) is 8.42 Å². The van der Waals surface area contributed by atoms with Crippen molar-refractivity contribution in [3.05, 3.63) is 34.3 Å². The molecule has 0 fully saturated rings. The fraction of sp³-hybridized carbons (Fsp3) is 0.500. The Morgan fingerprint density at radius 1 is 1.35 bits per heavy atom. The zero-order valence-corrected chi connectivity index (χ0v) is 12.5. The minimum atomic E-state index is -2.84. The molecule has 96 valence electrons. The van der Waals surface area contributed by atoms with Crippen LogP contribution in [0.25, 0.3) is 0 Å². The van der Waals surface area contributed by atoms with Crippen LogP contribution in [-0.4, -0.2) is 27.0 Å². The lowest BCUT2D eigenvalue weighted by Crippen LogP contribution is -2.22. The van der Waals surface area contributed by atoms with Crippen LogP contribution in [-0.2, 0) is 9.84 Å². The summed E-state index contributed by atoms with van der Waals surface area (Å²) in [5.74, 6) is 0.239. The molecule has 1 N–H and O–H groups in total. The quantitative estimate of drug-likeness (QED) is 0.820. The Morgan fingerprint density at radius 3 is 2.59 bits per heavy atom. The number of benzene rings is 1. The molecule has 0 aliphatic rings. The van der Waals surface area contributed by atoms with Crippen molar-refractivity contribution in [3.63, 3.8) is 0 Å². The molecule has 1 atom stereocenters. The third-order valence-corrected chi connectivity index (χ3v) is 4.27. The Labute approximate surface area is 112 Å². The van der Waals surface area contributed by atoms with Crippen LogP contribution in [0.1, 0.15) is 24.9 Å². The summed E-state index contributed by atoms with van der Waals surface area (Å²) in [6, 6.07) is 8.24. The topological polar surface area (TPSA) is 46.2 Å². The number of halogens is 1. The van der Waals surface area contributed by atoms with E-state index in [0.717, 1.165) is 4.47 Å². The van der Waals surface area contributed by atoms with Crippen molar-refractivity contribution in [3.8, 4) is 0 Å². The van der Waals surface area contributed by atoms with Gasteiger partial charge >= 0.3 is 0 Å². The molecule has 0 amide bonds. The van der Waals surface area contributed by atoms with Crippen LogP contribution in [0.15, 0.2) is 28.7 Å². The summed E-state index contributed by atoms with van der Waals surface area (Å²) in [4.78, 5) is 0. The molecule has 0 aromatic heterocycles. The summed E-state index contributed by atoms with van der Waals surface area (Å²) in [6.45, 7) is 2.77. The molecule has 0 radical (unpaired) electrons. The van der Waals surface area contributed by atoms with Crippen LogP contribution < -0.4 is 5.32 Å². The smallest absolute Gasteiger partial charge is 0.147 e. The molecular weight excluding hydrogens is 302 g/mol. The molecule has 0 heterocycles. The molecule has 0 saturated heterocycles. The van der Waals surface area contributed by atoms with E-state index >= 15 is 0 Å². The van der Waals surface area contributed by atoms with Gasteiger partial charge in [-0.3, -0.25) is 0 Å². The van der Waals surface area contributed by atoms with E-state index < -0.39 is 9.84 Å². The van der Waals surface area contributed by atoms with Crippen molar-refractivity contribution >= 4 is 25.8 Å². The van der Waals surface area contributed by atoms with Crippen molar-refractivity contribution in [2.45, 2.75) is 19.4 Å². The molecule has 0 unspecified atom stereocenters. The van der Waals surface area contributed by atoms with E-state index in [2.05, 4.69) is 34.2 Å². The largest absolute Gasteiger partial charge is 0.310 e.